The summed E-state index contributed by atoms with van der Waals surface area (Å²) in [5, 5.41) is 3.27. The first-order valence-corrected chi connectivity index (χ1v) is 7.55. The molecule has 1 aromatic carbocycles. The van der Waals surface area contributed by atoms with E-state index in [1.54, 1.807) is 7.11 Å². The molecule has 0 amide bonds. The van der Waals surface area contributed by atoms with E-state index in [4.69, 9.17) is 4.74 Å². The quantitative estimate of drug-likeness (QED) is 0.853. The van der Waals surface area contributed by atoms with Gasteiger partial charge in [0.15, 0.2) is 5.78 Å². The highest BCUT2D eigenvalue weighted by Gasteiger charge is 2.63. The Bertz CT molecular complexity index is 600. The fourth-order valence-electron chi connectivity index (χ4n) is 3.94. The van der Waals surface area contributed by atoms with Gasteiger partial charge in [0.05, 0.1) is 7.11 Å². The van der Waals surface area contributed by atoms with Gasteiger partial charge in [0.2, 0.25) is 0 Å². The lowest BCUT2D eigenvalue weighted by Gasteiger charge is -2.31. The third-order valence-electron chi connectivity index (χ3n) is 5.85. The number of methoxy groups -OCH3 is 1. The van der Waals surface area contributed by atoms with Gasteiger partial charge in [-0.05, 0) is 48.4 Å². The van der Waals surface area contributed by atoms with Gasteiger partial charge in [-0.25, -0.2) is 0 Å². The van der Waals surface area contributed by atoms with Crippen molar-refractivity contribution in [2.75, 3.05) is 12.4 Å². The number of fused-ring (bicyclic) bond motifs is 2. The number of carbonyl (C=O) groups excluding carboxylic acids is 1. The number of carbonyl (C=O) groups is 1. The van der Waals surface area contributed by atoms with Crippen LogP contribution in [0.5, 0.6) is 5.75 Å². The first-order chi connectivity index (χ1) is 9.90. The highest BCUT2D eigenvalue weighted by Crippen LogP contribution is 2.65. The molecule has 0 saturated heterocycles. The summed E-state index contributed by atoms with van der Waals surface area (Å²) in [6, 6.07) is 7.74. The molecule has 3 nitrogen and oxygen atoms in total. The number of rotatable bonds is 3. The Hall–Kier alpha value is -1.77. The van der Waals surface area contributed by atoms with Crippen LogP contribution < -0.4 is 10.1 Å². The number of ether oxygens (including phenoxy) is 1. The normalized spacial score (nSPS) is 31.7. The smallest absolute Gasteiger partial charge is 0.167 e. The van der Waals surface area contributed by atoms with Crippen molar-refractivity contribution in [1.82, 2.24) is 0 Å². The number of nitrogens with one attached hydrogen (secondary N) is 1. The van der Waals surface area contributed by atoms with Crippen LogP contribution in [-0.2, 0) is 4.79 Å². The summed E-state index contributed by atoms with van der Waals surface area (Å²) in [7, 11) is 1.65. The maximum atomic E-state index is 12.7. The molecule has 3 rings (SSSR count). The van der Waals surface area contributed by atoms with Crippen molar-refractivity contribution in [3.05, 3.63) is 36.0 Å². The Labute approximate surface area is 126 Å². The van der Waals surface area contributed by atoms with Gasteiger partial charge in [-0.15, -0.1) is 0 Å². The van der Waals surface area contributed by atoms with Crippen LogP contribution in [0.15, 0.2) is 36.0 Å². The van der Waals surface area contributed by atoms with Crippen LogP contribution in [0.2, 0.25) is 0 Å². The number of Topliss-reactive ketones (excluding diaryl/α,β-unsaturated/α-hetero) is 1. The lowest BCUT2D eigenvalue weighted by Crippen LogP contribution is -2.32. The van der Waals surface area contributed by atoms with Gasteiger partial charge in [-0.1, -0.05) is 20.8 Å². The third-order valence-corrected chi connectivity index (χ3v) is 5.85. The monoisotopic (exact) mass is 285 g/mol. The van der Waals surface area contributed by atoms with Gasteiger partial charge in [-0.3, -0.25) is 4.79 Å². The summed E-state index contributed by atoms with van der Waals surface area (Å²) in [6.45, 7) is 6.59. The molecule has 0 unspecified atom stereocenters. The molecule has 112 valence electrons. The predicted octanol–water partition coefficient (Wildman–Crippen LogP) is 4.02. The molecule has 0 aromatic heterocycles. The molecule has 2 bridgehead atoms. The SMILES string of the molecule is COc1ccc(NC=C2C(=O)[C@]3(C)CC[C@H]2C3(C)C)cc1. The van der Waals surface area contributed by atoms with E-state index in [0.717, 1.165) is 29.9 Å². The van der Waals surface area contributed by atoms with Gasteiger partial charge in [0, 0.05) is 22.9 Å². The summed E-state index contributed by atoms with van der Waals surface area (Å²) < 4.78 is 5.15. The average Bonchev–Trinajstić information content (AvgIpc) is 2.78. The highest BCUT2D eigenvalue weighted by atomic mass is 16.5. The van der Waals surface area contributed by atoms with Crippen molar-refractivity contribution in [1.29, 1.82) is 0 Å². The molecule has 21 heavy (non-hydrogen) atoms. The van der Waals surface area contributed by atoms with Gasteiger partial charge in [0.1, 0.15) is 5.75 Å². The minimum atomic E-state index is -0.189. The van der Waals surface area contributed by atoms with Gasteiger partial charge < -0.3 is 10.1 Å². The highest BCUT2D eigenvalue weighted by molar-refractivity contribution is 6.04. The van der Waals surface area contributed by atoms with Crippen LogP contribution >= 0.6 is 0 Å². The lowest BCUT2D eigenvalue weighted by molar-refractivity contribution is -0.125. The van der Waals surface area contributed by atoms with E-state index in [1.165, 1.54) is 0 Å². The Morgan fingerprint density at radius 1 is 1.24 bits per heavy atom. The van der Waals surface area contributed by atoms with Crippen LogP contribution in [0.3, 0.4) is 0 Å². The molecular formula is C18H23NO2. The largest absolute Gasteiger partial charge is 0.497 e. The Morgan fingerprint density at radius 2 is 1.90 bits per heavy atom. The molecule has 1 N–H and O–H groups in total. The van der Waals surface area contributed by atoms with E-state index in [1.807, 2.05) is 30.5 Å². The van der Waals surface area contributed by atoms with Crippen molar-refractivity contribution in [2.24, 2.45) is 16.7 Å². The van der Waals surface area contributed by atoms with E-state index < -0.39 is 0 Å². The number of hydrogen-bond acceptors (Lipinski definition) is 3. The lowest BCUT2D eigenvalue weighted by atomic mass is 9.70. The number of hydrogen-bond donors (Lipinski definition) is 1. The molecule has 2 fully saturated rings. The molecular weight excluding hydrogens is 262 g/mol. The zero-order valence-corrected chi connectivity index (χ0v) is 13.2. The van der Waals surface area contributed by atoms with Crippen molar-refractivity contribution in [2.45, 2.75) is 33.6 Å². The Balaban J connectivity index is 1.83. The second-order valence-corrected chi connectivity index (χ2v) is 6.95. The Morgan fingerprint density at radius 3 is 2.43 bits per heavy atom. The molecule has 2 aliphatic rings. The molecule has 2 saturated carbocycles. The van der Waals surface area contributed by atoms with E-state index in [2.05, 4.69) is 26.1 Å². The number of allylic oxidation sites excluding steroid dienone is 1. The number of ketones is 1. The third kappa shape index (κ3) is 1.90. The summed E-state index contributed by atoms with van der Waals surface area (Å²) >= 11 is 0. The number of anilines is 1. The molecule has 0 heterocycles. The van der Waals surface area contributed by atoms with Gasteiger partial charge in [0.25, 0.3) is 0 Å². The standard InChI is InChI=1S/C18H23NO2/c1-17(2)15-9-10-18(17,3)16(20)14(15)11-19-12-5-7-13(21-4)8-6-12/h5-8,11,15,19H,9-10H2,1-4H3/t15-,18+/m1/s1. The average molecular weight is 285 g/mol. The zero-order chi connectivity index (χ0) is 15.3. The second kappa shape index (κ2) is 4.62. The van der Waals surface area contributed by atoms with Crippen LogP contribution in [0.25, 0.3) is 0 Å². The van der Waals surface area contributed by atoms with Crippen molar-refractivity contribution in [3.63, 3.8) is 0 Å². The van der Waals surface area contributed by atoms with Crippen molar-refractivity contribution < 1.29 is 9.53 Å². The van der Waals surface area contributed by atoms with Crippen molar-refractivity contribution in [3.8, 4) is 5.75 Å². The fourth-order valence-corrected chi connectivity index (χ4v) is 3.94. The Kier molecular flexibility index (Phi) is 3.12. The molecule has 0 radical (unpaired) electrons. The molecule has 0 spiro atoms. The fraction of sp³-hybridized carbons (Fsp3) is 0.500. The van der Waals surface area contributed by atoms with E-state index >= 15 is 0 Å². The van der Waals surface area contributed by atoms with E-state index in [9.17, 15) is 4.79 Å². The summed E-state index contributed by atoms with van der Waals surface area (Å²) in [6.07, 6.45) is 4.05. The summed E-state index contributed by atoms with van der Waals surface area (Å²) in [5.41, 5.74) is 1.81. The van der Waals surface area contributed by atoms with Crippen LogP contribution in [0.4, 0.5) is 5.69 Å². The molecule has 2 aliphatic carbocycles. The minimum Gasteiger partial charge on any atom is -0.497 e. The van der Waals surface area contributed by atoms with Gasteiger partial charge in [-0.2, -0.15) is 0 Å². The summed E-state index contributed by atoms with van der Waals surface area (Å²) in [4.78, 5) is 12.7. The van der Waals surface area contributed by atoms with Crippen LogP contribution in [0.1, 0.15) is 33.6 Å². The zero-order valence-electron chi connectivity index (χ0n) is 13.2. The van der Waals surface area contributed by atoms with Crippen LogP contribution in [-0.4, -0.2) is 12.9 Å². The summed E-state index contributed by atoms with van der Waals surface area (Å²) in [5.74, 6) is 1.53. The first kappa shape index (κ1) is 14.2. The predicted molar refractivity (Wildman–Crippen MR) is 84.3 cm³/mol. The van der Waals surface area contributed by atoms with Crippen LogP contribution in [0, 0.1) is 16.7 Å². The first-order valence-electron chi connectivity index (χ1n) is 7.55. The molecule has 2 atom stereocenters. The van der Waals surface area contributed by atoms with E-state index in [-0.39, 0.29) is 10.8 Å². The number of benzene rings is 1. The van der Waals surface area contributed by atoms with E-state index in [0.29, 0.717) is 11.7 Å². The second-order valence-electron chi connectivity index (χ2n) is 6.95. The van der Waals surface area contributed by atoms with Gasteiger partial charge >= 0.3 is 0 Å². The maximum Gasteiger partial charge on any atom is 0.167 e. The molecule has 1 aromatic rings. The topological polar surface area (TPSA) is 38.3 Å². The molecule has 3 heteroatoms. The maximum absolute atomic E-state index is 12.7. The molecule has 0 aliphatic heterocycles. The van der Waals surface area contributed by atoms with Crippen molar-refractivity contribution >= 4 is 11.5 Å². The minimum absolute atomic E-state index is 0.0670.